The van der Waals surface area contributed by atoms with Gasteiger partial charge in [-0.15, -0.1) is 0 Å². The van der Waals surface area contributed by atoms with Gasteiger partial charge in [0.1, 0.15) is 23.9 Å². The molecule has 0 radical (unpaired) electrons. The number of carbonyl (C=O) groups is 4. The van der Waals surface area contributed by atoms with E-state index in [4.69, 9.17) is 4.74 Å². The normalized spacial score (nSPS) is 22.5. The van der Waals surface area contributed by atoms with E-state index in [0.717, 1.165) is 44.5 Å². The van der Waals surface area contributed by atoms with E-state index >= 15 is 0 Å². The maximum absolute atomic E-state index is 14.4. The Balaban J connectivity index is 1.34. The van der Waals surface area contributed by atoms with Crippen molar-refractivity contribution in [3.05, 3.63) is 101 Å². The number of H-pyrrole nitrogens is 1. The van der Waals surface area contributed by atoms with Gasteiger partial charge in [0.05, 0.1) is 19.8 Å². The molecule has 0 spiro atoms. The fraction of sp³-hybridized carbons (Fsp3) is 0.385. The number of benzene rings is 3. The molecule has 0 unspecified atom stereocenters. The first-order valence-electron chi connectivity index (χ1n) is 17.4. The summed E-state index contributed by atoms with van der Waals surface area (Å²) in [5, 5.41) is 20.5. The summed E-state index contributed by atoms with van der Waals surface area (Å²) >= 11 is 0. The van der Waals surface area contributed by atoms with Gasteiger partial charge in [0, 0.05) is 62.5 Å². The summed E-state index contributed by atoms with van der Waals surface area (Å²) in [7, 11) is 1.63. The van der Waals surface area contributed by atoms with Gasteiger partial charge in [-0.25, -0.2) is 0 Å². The third-order valence-corrected chi connectivity index (χ3v) is 9.85. The largest absolute Gasteiger partial charge is 0.496 e. The van der Waals surface area contributed by atoms with Gasteiger partial charge in [0.2, 0.25) is 23.6 Å². The molecule has 4 aromatic rings. The lowest BCUT2D eigenvalue weighted by Crippen LogP contribution is -2.57. The Morgan fingerprint density at radius 2 is 1.63 bits per heavy atom. The highest BCUT2D eigenvalue weighted by Crippen LogP contribution is 2.25. The zero-order valence-electron chi connectivity index (χ0n) is 29.3. The van der Waals surface area contributed by atoms with Crippen LogP contribution in [-0.4, -0.2) is 101 Å². The van der Waals surface area contributed by atoms with E-state index in [1.54, 1.807) is 7.11 Å². The second-order valence-corrected chi connectivity index (χ2v) is 13.6. The number of hydrogen-bond donors (Lipinski definition) is 5. The lowest BCUT2D eigenvalue weighted by Gasteiger charge is -2.30. The van der Waals surface area contributed by atoms with Crippen LogP contribution in [0.2, 0.25) is 0 Å². The molecule has 51 heavy (non-hydrogen) atoms. The molecule has 0 bridgehead atoms. The number of methoxy groups -OCH3 is 1. The van der Waals surface area contributed by atoms with Crippen LogP contribution in [0.3, 0.4) is 0 Å². The highest BCUT2D eigenvalue weighted by molar-refractivity contribution is 5.95. The maximum Gasteiger partial charge on any atom is 0.246 e. The first kappa shape index (κ1) is 35.6. The molecule has 2 fully saturated rings. The van der Waals surface area contributed by atoms with Crippen LogP contribution in [0.5, 0.6) is 5.75 Å². The summed E-state index contributed by atoms with van der Waals surface area (Å²) in [6.07, 6.45) is 1.30. The van der Waals surface area contributed by atoms with Crippen molar-refractivity contribution >= 4 is 34.5 Å². The van der Waals surface area contributed by atoms with Crippen molar-refractivity contribution in [2.75, 3.05) is 33.3 Å². The average Bonchev–Trinajstić information content (AvgIpc) is 3.72. The van der Waals surface area contributed by atoms with Crippen LogP contribution >= 0.6 is 0 Å². The topological polar surface area (TPSA) is 156 Å². The van der Waals surface area contributed by atoms with Crippen molar-refractivity contribution in [2.45, 2.75) is 63.9 Å². The van der Waals surface area contributed by atoms with Crippen molar-refractivity contribution < 1.29 is 29.0 Å². The Labute approximate surface area is 297 Å². The van der Waals surface area contributed by atoms with Gasteiger partial charge < -0.3 is 35.7 Å². The fourth-order valence-electron chi connectivity index (χ4n) is 7.15. The molecule has 1 aromatic heterocycles. The lowest BCUT2D eigenvalue weighted by atomic mass is 10.0. The average molecular weight is 695 g/mol. The standard InChI is InChI=1S/C39H46N6O6/c1-24-16-35(51-3)25(2)15-28(24)21-44-14-13-40-37(48)32(17-26-9-5-4-6-10-26)43-38(49)34-19-29(46)22-45(34)39(50)33(42-36(47)23-44)18-27-20-41-31-12-8-7-11-30(27)31/h4-12,15-16,20,29,32-34,41,46H,13-14,17-19,21-23H2,1-3H3,(H,40,48)(H,42,47)(H,43,49)/t29-,32+,33-,34+/m1/s1. The Hall–Kier alpha value is -5.20. The quantitative estimate of drug-likeness (QED) is 0.199. The number of nitrogens with zero attached hydrogens (tertiary/aromatic N) is 2. The van der Waals surface area contributed by atoms with E-state index in [-0.39, 0.29) is 50.7 Å². The zero-order chi connectivity index (χ0) is 36.1. The fourth-order valence-corrected chi connectivity index (χ4v) is 7.15. The number of hydrogen-bond acceptors (Lipinski definition) is 7. The van der Waals surface area contributed by atoms with Crippen molar-refractivity contribution in [1.82, 2.24) is 30.7 Å². The third kappa shape index (κ3) is 8.41. The molecule has 6 rings (SSSR count). The Kier molecular flexibility index (Phi) is 11.0. The van der Waals surface area contributed by atoms with Crippen molar-refractivity contribution in [3.8, 4) is 5.75 Å². The van der Waals surface area contributed by atoms with Crippen molar-refractivity contribution in [2.24, 2.45) is 0 Å². The van der Waals surface area contributed by atoms with Crippen LogP contribution in [0.4, 0.5) is 0 Å². The van der Waals surface area contributed by atoms with Crippen molar-refractivity contribution in [1.29, 1.82) is 0 Å². The van der Waals surface area contributed by atoms with Gasteiger partial charge in [-0.2, -0.15) is 0 Å². The summed E-state index contributed by atoms with van der Waals surface area (Å²) < 4.78 is 5.50. The SMILES string of the molecule is COc1cc(C)c(CN2CCNC(=O)[C@H](Cc3ccccc3)NC(=O)[C@@H]3C[C@@H](O)CN3C(=O)[C@@H](Cc3c[nH]c4ccccc34)NC(=O)C2)cc1C. The Morgan fingerprint density at radius 1 is 0.863 bits per heavy atom. The molecule has 2 aliphatic rings. The second-order valence-electron chi connectivity index (χ2n) is 13.6. The monoisotopic (exact) mass is 694 g/mol. The number of carbonyl (C=O) groups excluding carboxylic acids is 4. The second kappa shape index (κ2) is 15.8. The Morgan fingerprint density at radius 3 is 2.41 bits per heavy atom. The minimum atomic E-state index is -1.02. The molecule has 0 saturated carbocycles. The van der Waals surface area contributed by atoms with Gasteiger partial charge in [0.15, 0.2) is 0 Å². The molecule has 4 atom stereocenters. The molecule has 2 saturated heterocycles. The van der Waals surface area contributed by atoms with E-state index in [1.165, 1.54) is 4.90 Å². The Bertz CT molecular complexity index is 1890. The molecule has 5 N–H and O–H groups in total. The number of aromatic amines is 1. The molecule has 3 heterocycles. The third-order valence-electron chi connectivity index (χ3n) is 9.85. The van der Waals surface area contributed by atoms with E-state index in [0.29, 0.717) is 13.1 Å². The van der Waals surface area contributed by atoms with Gasteiger partial charge in [-0.1, -0.05) is 54.6 Å². The number of rotatable bonds is 7. The molecule has 12 nitrogen and oxygen atoms in total. The number of aliphatic hydroxyl groups excluding tert-OH is 1. The molecule has 268 valence electrons. The number of aliphatic hydroxyl groups is 1. The molecule has 4 amide bonds. The molecular formula is C39H46N6O6. The predicted molar refractivity (Wildman–Crippen MR) is 193 cm³/mol. The lowest BCUT2D eigenvalue weighted by molar-refractivity contribution is -0.142. The number of amides is 4. The summed E-state index contributed by atoms with van der Waals surface area (Å²) in [5.74, 6) is -0.988. The molecule has 12 heteroatoms. The minimum absolute atomic E-state index is 0.0133. The summed E-state index contributed by atoms with van der Waals surface area (Å²) in [6.45, 7) is 4.78. The van der Waals surface area contributed by atoms with Crippen LogP contribution in [0, 0.1) is 13.8 Å². The molecule has 3 aromatic carbocycles. The number of ether oxygens (including phenoxy) is 1. The molecule has 0 aliphatic carbocycles. The van der Waals surface area contributed by atoms with Crippen LogP contribution < -0.4 is 20.7 Å². The van der Waals surface area contributed by atoms with E-state index in [9.17, 15) is 24.3 Å². The predicted octanol–water partition coefficient (Wildman–Crippen LogP) is 2.14. The molecule has 2 aliphatic heterocycles. The summed E-state index contributed by atoms with van der Waals surface area (Å²) in [6, 6.07) is 18.1. The zero-order valence-corrected chi connectivity index (χ0v) is 29.3. The smallest absolute Gasteiger partial charge is 0.246 e. The summed E-state index contributed by atoms with van der Waals surface area (Å²) in [4.78, 5) is 62.4. The van der Waals surface area contributed by atoms with Gasteiger partial charge in [-0.3, -0.25) is 24.1 Å². The van der Waals surface area contributed by atoms with Crippen molar-refractivity contribution in [3.63, 3.8) is 0 Å². The molecular weight excluding hydrogens is 648 g/mol. The number of aryl methyl sites for hydroxylation is 2. The maximum atomic E-state index is 14.4. The number of aromatic nitrogens is 1. The first-order chi connectivity index (χ1) is 24.6. The minimum Gasteiger partial charge on any atom is -0.496 e. The number of fused-ring (bicyclic) bond motifs is 2. The van der Waals surface area contributed by atoms with E-state index < -0.39 is 36.0 Å². The van der Waals surface area contributed by atoms with Crippen LogP contribution in [0.25, 0.3) is 10.9 Å². The summed E-state index contributed by atoms with van der Waals surface area (Å²) in [5.41, 5.74) is 5.54. The van der Waals surface area contributed by atoms with Crippen LogP contribution in [-0.2, 0) is 38.6 Å². The number of para-hydroxylation sites is 1. The van der Waals surface area contributed by atoms with Crippen LogP contribution in [0.1, 0.15) is 34.2 Å². The highest BCUT2D eigenvalue weighted by atomic mass is 16.5. The van der Waals surface area contributed by atoms with Crippen LogP contribution in [0.15, 0.2) is 72.9 Å². The van der Waals surface area contributed by atoms with E-state index in [2.05, 4.69) is 20.9 Å². The highest BCUT2D eigenvalue weighted by Gasteiger charge is 2.42. The number of nitrogens with one attached hydrogen (secondary N) is 4. The van der Waals surface area contributed by atoms with E-state index in [1.807, 2.05) is 91.7 Å². The van der Waals surface area contributed by atoms with Gasteiger partial charge >= 0.3 is 0 Å². The van der Waals surface area contributed by atoms with Gasteiger partial charge in [0.25, 0.3) is 0 Å². The van der Waals surface area contributed by atoms with Gasteiger partial charge in [-0.05, 0) is 53.8 Å². The first-order valence-corrected chi connectivity index (χ1v) is 17.4.